The molecular formula is C28H32N2O4. The molecule has 0 aliphatic heterocycles. The molecular weight excluding hydrogens is 428 g/mol. The second-order valence-corrected chi connectivity index (χ2v) is 8.29. The van der Waals surface area contributed by atoms with E-state index in [9.17, 15) is 14.7 Å². The second kappa shape index (κ2) is 13.2. The first kappa shape index (κ1) is 25.0. The fourth-order valence-electron chi connectivity index (χ4n) is 3.71. The zero-order valence-corrected chi connectivity index (χ0v) is 19.5. The number of aryl methyl sites for hydroxylation is 1. The number of nitrogens with one attached hydrogen (secondary N) is 1. The van der Waals surface area contributed by atoms with E-state index in [2.05, 4.69) is 5.32 Å². The van der Waals surface area contributed by atoms with E-state index in [4.69, 9.17) is 4.74 Å². The summed E-state index contributed by atoms with van der Waals surface area (Å²) < 4.78 is 5.37. The van der Waals surface area contributed by atoms with E-state index in [-0.39, 0.29) is 19.1 Å². The van der Waals surface area contributed by atoms with Crippen LogP contribution >= 0.6 is 0 Å². The highest BCUT2D eigenvalue weighted by atomic mass is 16.5. The van der Waals surface area contributed by atoms with Crippen molar-refractivity contribution in [3.05, 3.63) is 108 Å². The van der Waals surface area contributed by atoms with Crippen LogP contribution < -0.4 is 5.32 Å². The highest BCUT2D eigenvalue weighted by molar-refractivity contribution is 5.73. The third-order valence-electron chi connectivity index (χ3n) is 5.64. The van der Waals surface area contributed by atoms with Crippen LogP contribution in [0.3, 0.4) is 0 Å². The highest BCUT2D eigenvalue weighted by Crippen LogP contribution is 2.12. The predicted octanol–water partition coefficient (Wildman–Crippen LogP) is 4.32. The standard InChI is InChI=1S/C28H32N2O4/c1-22(31)30(19-24-13-7-3-8-14-24)20-27(32)26(18-17-23-11-5-2-6-12-23)29-28(33)34-21-25-15-9-4-10-16-25/h2-16,26-27,32H,17-21H2,1H3,(H,29,33)/t26-,27+/m0/s1. The number of ether oxygens (including phenoxy) is 1. The molecule has 0 bridgehead atoms. The molecule has 0 saturated heterocycles. The molecule has 0 spiro atoms. The molecule has 6 heteroatoms. The topological polar surface area (TPSA) is 78.9 Å². The summed E-state index contributed by atoms with van der Waals surface area (Å²) in [5, 5.41) is 13.9. The zero-order chi connectivity index (χ0) is 24.2. The van der Waals surface area contributed by atoms with Crippen molar-refractivity contribution < 1.29 is 19.4 Å². The summed E-state index contributed by atoms with van der Waals surface area (Å²) in [7, 11) is 0. The van der Waals surface area contributed by atoms with E-state index in [1.54, 1.807) is 4.90 Å². The molecule has 3 aromatic carbocycles. The van der Waals surface area contributed by atoms with Crippen LogP contribution in [0.4, 0.5) is 4.79 Å². The largest absolute Gasteiger partial charge is 0.445 e. The Labute approximate surface area is 201 Å². The molecule has 0 aliphatic rings. The molecule has 2 atom stereocenters. The number of amides is 2. The van der Waals surface area contributed by atoms with Crippen molar-refractivity contribution in [1.29, 1.82) is 0 Å². The third-order valence-corrected chi connectivity index (χ3v) is 5.64. The van der Waals surface area contributed by atoms with Gasteiger partial charge in [-0.2, -0.15) is 0 Å². The van der Waals surface area contributed by atoms with Gasteiger partial charge in [0.1, 0.15) is 6.61 Å². The van der Waals surface area contributed by atoms with Crippen LogP contribution in [0.2, 0.25) is 0 Å². The Morgan fingerprint density at radius 3 is 1.94 bits per heavy atom. The van der Waals surface area contributed by atoms with E-state index in [0.29, 0.717) is 19.4 Å². The van der Waals surface area contributed by atoms with E-state index >= 15 is 0 Å². The number of benzene rings is 3. The maximum Gasteiger partial charge on any atom is 0.407 e. The molecule has 0 unspecified atom stereocenters. The minimum atomic E-state index is -0.958. The number of hydrogen-bond acceptors (Lipinski definition) is 4. The SMILES string of the molecule is CC(=O)N(Cc1ccccc1)C[C@@H](O)[C@H](CCc1ccccc1)NC(=O)OCc1ccccc1. The van der Waals surface area contributed by atoms with Crippen LogP contribution in [-0.4, -0.2) is 40.7 Å². The molecule has 2 N–H and O–H groups in total. The molecule has 6 nitrogen and oxygen atoms in total. The first-order valence-electron chi connectivity index (χ1n) is 11.5. The van der Waals surface area contributed by atoms with Crippen LogP contribution in [0, 0.1) is 0 Å². The van der Waals surface area contributed by atoms with Crippen molar-refractivity contribution in [2.75, 3.05) is 6.54 Å². The quantitative estimate of drug-likeness (QED) is 0.447. The Kier molecular flexibility index (Phi) is 9.67. The number of carbonyl (C=O) groups excluding carboxylic acids is 2. The van der Waals surface area contributed by atoms with Crippen molar-refractivity contribution in [2.45, 2.75) is 45.1 Å². The minimum Gasteiger partial charge on any atom is -0.445 e. The van der Waals surface area contributed by atoms with Gasteiger partial charge in [0.2, 0.25) is 5.91 Å². The third kappa shape index (κ3) is 8.37. The summed E-state index contributed by atoms with van der Waals surface area (Å²) in [5.41, 5.74) is 2.96. The predicted molar refractivity (Wildman–Crippen MR) is 132 cm³/mol. The Hall–Kier alpha value is -3.64. The van der Waals surface area contributed by atoms with Crippen molar-refractivity contribution in [2.24, 2.45) is 0 Å². The zero-order valence-electron chi connectivity index (χ0n) is 19.5. The number of alkyl carbamates (subject to hydrolysis) is 1. The lowest BCUT2D eigenvalue weighted by Gasteiger charge is -2.29. The fraction of sp³-hybridized carbons (Fsp3) is 0.286. The molecule has 34 heavy (non-hydrogen) atoms. The molecule has 0 radical (unpaired) electrons. The Morgan fingerprint density at radius 2 is 1.38 bits per heavy atom. The average molecular weight is 461 g/mol. The molecule has 3 aromatic rings. The van der Waals surface area contributed by atoms with E-state index < -0.39 is 18.2 Å². The molecule has 0 heterocycles. The maximum atomic E-state index is 12.5. The monoisotopic (exact) mass is 460 g/mol. The normalized spacial score (nSPS) is 12.4. The summed E-state index contributed by atoms with van der Waals surface area (Å²) in [6.45, 7) is 2.11. The summed E-state index contributed by atoms with van der Waals surface area (Å²) in [6, 6.07) is 28.3. The van der Waals surface area contributed by atoms with Crippen LogP contribution in [0.15, 0.2) is 91.0 Å². The molecule has 0 fully saturated rings. The van der Waals surface area contributed by atoms with Gasteiger partial charge < -0.3 is 20.1 Å². The number of hydrogen-bond donors (Lipinski definition) is 2. The van der Waals surface area contributed by atoms with Crippen LogP contribution in [0.25, 0.3) is 0 Å². The number of rotatable bonds is 11. The second-order valence-electron chi connectivity index (χ2n) is 8.29. The van der Waals surface area contributed by atoms with Gasteiger partial charge in [-0.3, -0.25) is 4.79 Å². The Balaban J connectivity index is 1.64. The van der Waals surface area contributed by atoms with Gasteiger partial charge >= 0.3 is 6.09 Å². The average Bonchev–Trinajstić information content (AvgIpc) is 2.86. The number of aliphatic hydroxyl groups excluding tert-OH is 1. The van der Waals surface area contributed by atoms with Gasteiger partial charge in [-0.05, 0) is 29.5 Å². The minimum absolute atomic E-state index is 0.0999. The van der Waals surface area contributed by atoms with Gasteiger partial charge in [0.15, 0.2) is 0 Å². The summed E-state index contributed by atoms with van der Waals surface area (Å²) in [5.74, 6) is -0.142. The highest BCUT2D eigenvalue weighted by Gasteiger charge is 2.25. The lowest BCUT2D eigenvalue weighted by atomic mass is 10.0. The Bertz CT molecular complexity index is 1010. The lowest BCUT2D eigenvalue weighted by Crippen LogP contribution is -2.49. The molecule has 178 valence electrons. The van der Waals surface area contributed by atoms with E-state index in [0.717, 1.165) is 16.7 Å². The van der Waals surface area contributed by atoms with Crippen LogP contribution in [0.1, 0.15) is 30.0 Å². The van der Waals surface area contributed by atoms with Gasteiger partial charge in [0.05, 0.1) is 12.1 Å². The van der Waals surface area contributed by atoms with Crippen molar-refractivity contribution in [1.82, 2.24) is 10.2 Å². The molecule has 0 saturated carbocycles. The van der Waals surface area contributed by atoms with Gasteiger partial charge in [0, 0.05) is 20.0 Å². The van der Waals surface area contributed by atoms with Gasteiger partial charge in [0.25, 0.3) is 0 Å². The molecule has 0 aromatic heterocycles. The summed E-state index contributed by atoms with van der Waals surface area (Å²) >= 11 is 0. The lowest BCUT2D eigenvalue weighted by molar-refractivity contribution is -0.131. The maximum absolute atomic E-state index is 12.5. The molecule has 2 amide bonds. The summed E-state index contributed by atoms with van der Waals surface area (Å²) in [4.78, 5) is 26.4. The van der Waals surface area contributed by atoms with Gasteiger partial charge in [-0.15, -0.1) is 0 Å². The molecule has 0 aliphatic carbocycles. The van der Waals surface area contributed by atoms with E-state index in [1.807, 2.05) is 91.0 Å². The summed E-state index contributed by atoms with van der Waals surface area (Å²) in [6.07, 6.45) is -0.387. The molecule has 3 rings (SSSR count). The van der Waals surface area contributed by atoms with Crippen LogP contribution in [-0.2, 0) is 29.1 Å². The van der Waals surface area contributed by atoms with Crippen molar-refractivity contribution >= 4 is 12.0 Å². The number of carbonyl (C=O) groups is 2. The van der Waals surface area contributed by atoms with Gasteiger partial charge in [-0.25, -0.2) is 4.79 Å². The first-order chi connectivity index (χ1) is 16.5. The number of nitrogens with zero attached hydrogens (tertiary/aromatic N) is 1. The fourth-order valence-corrected chi connectivity index (χ4v) is 3.71. The first-order valence-corrected chi connectivity index (χ1v) is 11.5. The van der Waals surface area contributed by atoms with Crippen LogP contribution in [0.5, 0.6) is 0 Å². The Morgan fingerprint density at radius 1 is 0.853 bits per heavy atom. The smallest absolute Gasteiger partial charge is 0.407 e. The van der Waals surface area contributed by atoms with Crippen molar-refractivity contribution in [3.8, 4) is 0 Å². The van der Waals surface area contributed by atoms with Gasteiger partial charge in [-0.1, -0.05) is 91.0 Å². The number of aliphatic hydroxyl groups is 1. The van der Waals surface area contributed by atoms with Crippen molar-refractivity contribution in [3.63, 3.8) is 0 Å². The van der Waals surface area contributed by atoms with E-state index in [1.165, 1.54) is 6.92 Å².